The van der Waals surface area contributed by atoms with Gasteiger partial charge in [0.1, 0.15) is 0 Å². The molecule has 104 valence electrons. The number of carbonyl (C=O) groups is 1. The van der Waals surface area contributed by atoms with E-state index in [1.54, 1.807) is 12.1 Å². The van der Waals surface area contributed by atoms with E-state index >= 15 is 0 Å². The molecule has 1 aliphatic heterocycles. The van der Waals surface area contributed by atoms with Crippen LogP contribution in [-0.2, 0) is 4.79 Å². The second-order valence-corrected chi connectivity index (χ2v) is 6.17. The predicted molar refractivity (Wildman–Crippen MR) is 78.9 cm³/mol. The molecule has 2 rings (SSSR count). The van der Waals surface area contributed by atoms with Gasteiger partial charge in [-0.15, -0.1) is 0 Å². The van der Waals surface area contributed by atoms with E-state index in [0.29, 0.717) is 11.1 Å². The van der Waals surface area contributed by atoms with Crippen LogP contribution in [0, 0.1) is 5.41 Å². The fourth-order valence-corrected chi connectivity index (χ4v) is 2.46. The average molecular weight is 261 g/mol. The highest BCUT2D eigenvalue weighted by molar-refractivity contribution is 5.94. The Hall–Kier alpha value is -1.55. The van der Waals surface area contributed by atoms with Gasteiger partial charge in [-0.25, -0.2) is 0 Å². The number of amides is 1. The van der Waals surface area contributed by atoms with Crippen molar-refractivity contribution in [2.24, 2.45) is 5.41 Å². The fraction of sp³-hybridized carbons (Fsp3) is 0.533. The Bertz CT molecular complexity index is 453. The lowest BCUT2D eigenvalue weighted by Gasteiger charge is -2.25. The molecule has 4 heteroatoms. The first-order valence-electron chi connectivity index (χ1n) is 6.78. The molecular weight excluding hydrogens is 238 g/mol. The van der Waals surface area contributed by atoms with Gasteiger partial charge < -0.3 is 11.1 Å². The summed E-state index contributed by atoms with van der Waals surface area (Å²) in [5.74, 6) is 0.0440. The molecule has 1 fully saturated rings. The number of nitrogens with one attached hydrogen (secondary N) is 1. The maximum atomic E-state index is 12.2. The molecule has 0 aliphatic carbocycles. The number of hydrogen-bond acceptors (Lipinski definition) is 3. The Labute approximate surface area is 115 Å². The van der Waals surface area contributed by atoms with Crippen molar-refractivity contribution in [3.63, 3.8) is 0 Å². The van der Waals surface area contributed by atoms with Gasteiger partial charge in [-0.2, -0.15) is 0 Å². The van der Waals surface area contributed by atoms with Gasteiger partial charge >= 0.3 is 0 Å². The summed E-state index contributed by atoms with van der Waals surface area (Å²) in [5, 5.41) is 2.94. The third-order valence-electron chi connectivity index (χ3n) is 3.81. The predicted octanol–water partition coefficient (Wildman–Crippen LogP) is 2.33. The lowest BCUT2D eigenvalue weighted by atomic mass is 9.93. The van der Waals surface area contributed by atoms with E-state index in [1.165, 1.54) is 0 Å². The average Bonchev–Trinajstić information content (AvgIpc) is 2.71. The topological polar surface area (TPSA) is 58.4 Å². The summed E-state index contributed by atoms with van der Waals surface area (Å²) in [6.45, 7) is 8.43. The summed E-state index contributed by atoms with van der Waals surface area (Å²) in [5.41, 5.74) is 7.44. The zero-order chi connectivity index (χ0) is 14.0. The first kappa shape index (κ1) is 13.9. The van der Waals surface area contributed by atoms with E-state index in [2.05, 4.69) is 24.1 Å². The smallest absolute Gasteiger partial charge is 0.241 e. The highest BCUT2D eigenvalue weighted by Gasteiger charge is 2.34. The molecule has 1 amide bonds. The third-order valence-corrected chi connectivity index (χ3v) is 3.81. The minimum atomic E-state index is -0.0978. The molecule has 0 saturated carbocycles. The van der Waals surface area contributed by atoms with Crippen LogP contribution >= 0.6 is 0 Å². The van der Waals surface area contributed by atoms with Crippen molar-refractivity contribution in [1.82, 2.24) is 4.90 Å². The normalized spacial score (nSPS) is 20.2. The molecule has 3 N–H and O–H groups in total. The van der Waals surface area contributed by atoms with Gasteiger partial charge in [0.05, 0.1) is 6.04 Å². The second kappa shape index (κ2) is 5.21. The van der Waals surface area contributed by atoms with Crippen LogP contribution in [0.4, 0.5) is 11.4 Å². The summed E-state index contributed by atoms with van der Waals surface area (Å²) in [6.07, 6.45) is 1.15. The van der Waals surface area contributed by atoms with E-state index in [4.69, 9.17) is 5.73 Å². The van der Waals surface area contributed by atoms with Crippen molar-refractivity contribution in [3.05, 3.63) is 24.3 Å². The van der Waals surface area contributed by atoms with Crippen LogP contribution in [0.5, 0.6) is 0 Å². The van der Waals surface area contributed by atoms with Crippen molar-refractivity contribution in [3.8, 4) is 0 Å². The molecule has 1 unspecified atom stereocenters. The quantitative estimate of drug-likeness (QED) is 0.821. The van der Waals surface area contributed by atoms with Crippen LogP contribution in [0.25, 0.3) is 0 Å². The highest BCUT2D eigenvalue weighted by atomic mass is 16.2. The van der Waals surface area contributed by atoms with Crippen LogP contribution in [-0.4, -0.2) is 29.9 Å². The standard InChI is InChI=1S/C15H23N3O/c1-11(18-9-8-15(2,3)10-18)14(19)17-13-6-4-12(16)5-7-13/h4-7,11H,8-10,16H2,1-3H3,(H,17,19). The van der Waals surface area contributed by atoms with Crippen molar-refractivity contribution in [1.29, 1.82) is 0 Å². The van der Waals surface area contributed by atoms with Crippen molar-refractivity contribution in [2.75, 3.05) is 24.1 Å². The first-order chi connectivity index (χ1) is 8.87. The van der Waals surface area contributed by atoms with Crippen molar-refractivity contribution in [2.45, 2.75) is 33.2 Å². The monoisotopic (exact) mass is 261 g/mol. The number of benzene rings is 1. The maximum Gasteiger partial charge on any atom is 0.241 e. The van der Waals surface area contributed by atoms with Crippen LogP contribution in [0.3, 0.4) is 0 Å². The summed E-state index contributed by atoms with van der Waals surface area (Å²) in [7, 11) is 0. The molecule has 0 spiro atoms. The molecule has 0 bridgehead atoms. The van der Waals surface area contributed by atoms with Gasteiger partial charge in [-0.3, -0.25) is 9.69 Å². The molecule has 1 aromatic carbocycles. The Kier molecular flexibility index (Phi) is 3.80. The summed E-state index contributed by atoms with van der Waals surface area (Å²) < 4.78 is 0. The Morgan fingerprint density at radius 2 is 2.00 bits per heavy atom. The van der Waals surface area contributed by atoms with Gasteiger partial charge in [-0.1, -0.05) is 13.8 Å². The molecular formula is C15H23N3O. The van der Waals surface area contributed by atoms with Crippen LogP contribution in [0.15, 0.2) is 24.3 Å². The van der Waals surface area contributed by atoms with Gasteiger partial charge in [0.15, 0.2) is 0 Å². The highest BCUT2D eigenvalue weighted by Crippen LogP contribution is 2.30. The Balaban J connectivity index is 1.94. The zero-order valence-electron chi connectivity index (χ0n) is 11.9. The minimum absolute atomic E-state index is 0.0440. The number of nitrogens with two attached hydrogens (primary N) is 1. The van der Waals surface area contributed by atoms with E-state index in [0.717, 1.165) is 25.2 Å². The van der Waals surface area contributed by atoms with E-state index in [-0.39, 0.29) is 11.9 Å². The number of likely N-dealkylation sites (tertiary alicyclic amines) is 1. The molecule has 1 atom stereocenters. The molecule has 1 heterocycles. The Morgan fingerprint density at radius 1 is 1.37 bits per heavy atom. The fourth-order valence-electron chi connectivity index (χ4n) is 2.46. The largest absolute Gasteiger partial charge is 0.399 e. The van der Waals surface area contributed by atoms with Crippen LogP contribution in [0.1, 0.15) is 27.2 Å². The zero-order valence-corrected chi connectivity index (χ0v) is 11.9. The molecule has 4 nitrogen and oxygen atoms in total. The molecule has 1 aromatic rings. The molecule has 0 radical (unpaired) electrons. The number of anilines is 2. The number of carbonyl (C=O) groups excluding carboxylic acids is 1. The van der Waals surface area contributed by atoms with Crippen molar-refractivity contribution >= 4 is 17.3 Å². The van der Waals surface area contributed by atoms with Crippen molar-refractivity contribution < 1.29 is 4.79 Å². The van der Waals surface area contributed by atoms with Crippen LogP contribution < -0.4 is 11.1 Å². The SMILES string of the molecule is CC(C(=O)Nc1ccc(N)cc1)N1CCC(C)(C)C1. The third kappa shape index (κ3) is 3.47. The molecule has 1 aliphatic rings. The maximum absolute atomic E-state index is 12.2. The molecule has 0 aromatic heterocycles. The Morgan fingerprint density at radius 3 is 2.53 bits per heavy atom. The number of nitrogen functional groups attached to an aromatic ring is 1. The van der Waals surface area contributed by atoms with Gasteiger partial charge in [0.25, 0.3) is 0 Å². The van der Waals surface area contributed by atoms with Gasteiger partial charge in [0, 0.05) is 17.9 Å². The van der Waals surface area contributed by atoms with Crippen LogP contribution in [0.2, 0.25) is 0 Å². The lowest BCUT2D eigenvalue weighted by Crippen LogP contribution is -2.41. The first-order valence-corrected chi connectivity index (χ1v) is 6.78. The van der Waals surface area contributed by atoms with Gasteiger partial charge in [0.2, 0.25) is 5.91 Å². The van der Waals surface area contributed by atoms with Gasteiger partial charge in [-0.05, 0) is 49.6 Å². The molecule has 1 saturated heterocycles. The number of nitrogens with zero attached hydrogens (tertiary/aromatic N) is 1. The van der Waals surface area contributed by atoms with E-state index in [9.17, 15) is 4.79 Å². The van der Waals surface area contributed by atoms with E-state index < -0.39 is 0 Å². The summed E-state index contributed by atoms with van der Waals surface area (Å²) >= 11 is 0. The lowest BCUT2D eigenvalue weighted by molar-refractivity contribution is -0.120. The second-order valence-electron chi connectivity index (χ2n) is 6.17. The van der Waals surface area contributed by atoms with E-state index in [1.807, 2.05) is 19.1 Å². The minimum Gasteiger partial charge on any atom is -0.399 e. The number of hydrogen-bond donors (Lipinski definition) is 2. The molecule has 19 heavy (non-hydrogen) atoms. The summed E-state index contributed by atoms with van der Waals surface area (Å²) in [6, 6.07) is 7.14. The summed E-state index contributed by atoms with van der Waals surface area (Å²) in [4.78, 5) is 14.5. The number of rotatable bonds is 3.